The maximum absolute atomic E-state index is 13.4. The lowest BCUT2D eigenvalue weighted by atomic mass is 9.85. The molecule has 3 aromatic rings. The van der Waals surface area contributed by atoms with Gasteiger partial charge in [-0.3, -0.25) is 14.5 Å². The van der Waals surface area contributed by atoms with Gasteiger partial charge in [0.1, 0.15) is 0 Å². The summed E-state index contributed by atoms with van der Waals surface area (Å²) in [6.07, 6.45) is 0. The average Bonchev–Trinajstić information content (AvgIpc) is 2.79. The van der Waals surface area contributed by atoms with E-state index in [1.165, 1.54) is 5.56 Å². The zero-order chi connectivity index (χ0) is 20.5. The smallest absolute Gasteiger partial charge is 0.210 e. The van der Waals surface area contributed by atoms with Gasteiger partial charge in [0.25, 0.3) is 0 Å². The van der Waals surface area contributed by atoms with Gasteiger partial charge in [-0.1, -0.05) is 84.9 Å². The van der Waals surface area contributed by atoms with E-state index in [-0.39, 0.29) is 11.6 Å². The van der Waals surface area contributed by atoms with Crippen molar-refractivity contribution in [1.29, 1.82) is 0 Å². The third-order valence-corrected chi connectivity index (χ3v) is 5.73. The van der Waals surface area contributed by atoms with Gasteiger partial charge < -0.3 is 4.90 Å². The number of ketones is 2. The Kier molecular flexibility index (Phi) is 4.77. The third-order valence-electron chi connectivity index (χ3n) is 5.73. The standard InChI is InChI=1S/C26H22N2O2/c29-25-21-13-7-8-14-22(21)26(30)24-23(25)17-27(15-19-9-3-1-4-10-19)18-28(24)16-20-11-5-2-6-12-20/h1-14H,15-18H2. The second-order valence-electron chi connectivity index (χ2n) is 7.83. The zero-order valence-corrected chi connectivity index (χ0v) is 16.6. The van der Waals surface area contributed by atoms with E-state index in [1.54, 1.807) is 12.1 Å². The van der Waals surface area contributed by atoms with Crippen LogP contribution in [0.2, 0.25) is 0 Å². The van der Waals surface area contributed by atoms with Crippen molar-refractivity contribution in [2.24, 2.45) is 0 Å². The molecule has 0 radical (unpaired) electrons. The van der Waals surface area contributed by atoms with Crippen LogP contribution in [0.5, 0.6) is 0 Å². The molecule has 0 N–H and O–H groups in total. The summed E-state index contributed by atoms with van der Waals surface area (Å²) in [6.45, 7) is 2.40. The Balaban J connectivity index is 1.54. The first-order valence-electron chi connectivity index (χ1n) is 10.2. The van der Waals surface area contributed by atoms with Crippen LogP contribution in [0.1, 0.15) is 31.8 Å². The number of Topliss-reactive ketones (excluding diaryl/α,β-unsaturated/α-hetero) is 2. The molecular formula is C26H22N2O2. The van der Waals surface area contributed by atoms with E-state index in [1.807, 2.05) is 48.5 Å². The van der Waals surface area contributed by atoms with Crippen LogP contribution < -0.4 is 0 Å². The lowest BCUT2D eigenvalue weighted by Crippen LogP contribution is -2.48. The minimum absolute atomic E-state index is 0.0315. The summed E-state index contributed by atoms with van der Waals surface area (Å²) in [5.41, 5.74) is 4.50. The van der Waals surface area contributed by atoms with Crippen molar-refractivity contribution in [3.63, 3.8) is 0 Å². The molecule has 0 atom stereocenters. The predicted molar refractivity (Wildman–Crippen MR) is 116 cm³/mol. The van der Waals surface area contributed by atoms with Gasteiger partial charge in [0, 0.05) is 36.3 Å². The number of carbonyl (C=O) groups is 2. The van der Waals surface area contributed by atoms with Crippen LogP contribution in [0.3, 0.4) is 0 Å². The molecule has 1 heterocycles. The van der Waals surface area contributed by atoms with E-state index in [0.717, 1.165) is 12.1 Å². The van der Waals surface area contributed by atoms with Crippen molar-refractivity contribution in [2.45, 2.75) is 13.1 Å². The SMILES string of the molecule is O=C1C2=C(C(=O)c3ccccc31)N(Cc1ccccc1)CN(Cc1ccccc1)C2. The summed E-state index contributed by atoms with van der Waals surface area (Å²) in [7, 11) is 0. The highest BCUT2D eigenvalue weighted by molar-refractivity contribution is 6.26. The summed E-state index contributed by atoms with van der Waals surface area (Å²) in [5, 5.41) is 0. The Labute approximate surface area is 176 Å². The van der Waals surface area contributed by atoms with E-state index in [4.69, 9.17) is 0 Å². The van der Waals surface area contributed by atoms with Crippen LogP contribution in [0.15, 0.2) is 96.2 Å². The summed E-state index contributed by atoms with van der Waals surface area (Å²) >= 11 is 0. The largest absolute Gasteiger partial charge is 0.351 e. The van der Waals surface area contributed by atoms with Gasteiger partial charge >= 0.3 is 0 Å². The first-order chi connectivity index (χ1) is 14.7. The highest BCUT2D eigenvalue weighted by Gasteiger charge is 2.38. The maximum Gasteiger partial charge on any atom is 0.210 e. The predicted octanol–water partition coefficient (Wildman–Crippen LogP) is 4.30. The summed E-state index contributed by atoms with van der Waals surface area (Å²) in [4.78, 5) is 31.0. The molecule has 0 saturated heterocycles. The van der Waals surface area contributed by atoms with Crippen molar-refractivity contribution >= 4 is 11.6 Å². The maximum atomic E-state index is 13.4. The molecule has 0 aromatic heterocycles. The minimum atomic E-state index is -0.0458. The molecule has 0 fully saturated rings. The second-order valence-corrected chi connectivity index (χ2v) is 7.83. The fraction of sp³-hybridized carbons (Fsp3) is 0.154. The van der Waals surface area contributed by atoms with Crippen molar-refractivity contribution in [2.75, 3.05) is 13.2 Å². The van der Waals surface area contributed by atoms with Crippen LogP contribution in [-0.2, 0) is 13.1 Å². The Morgan fingerprint density at radius 2 is 1.17 bits per heavy atom. The number of hydrogen-bond donors (Lipinski definition) is 0. The van der Waals surface area contributed by atoms with Gasteiger partial charge in [0.05, 0.1) is 12.4 Å². The van der Waals surface area contributed by atoms with Gasteiger partial charge in [0.2, 0.25) is 5.78 Å². The average molecular weight is 394 g/mol. The number of benzene rings is 3. The molecule has 2 aliphatic rings. The molecule has 5 rings (SSSR count). The van der Waals surface area contributed by atoms with Gasteiger partial charge in [-0.2, -0.15) is 0 Å². The molecule has 148 valence electrons. The minimum Gasteiger partial charge on any atom is -0.351 e. The topological polar surface area (TPSA) is 40.6 Å². The molecular weight excluding hydrogens is 372 g/mol. The number of rotatable bonds is 4. The van der Waals surface area contributed by atoms with E-state index in [0.29, 0.717) is 42.2 Å². The van der Waals surface area contributed by atoms with Crippen LogP contribution in [0.4, 0.5) is 0 Å². The molecule has 4 nitrogen and oxygen atoms in total. The van der Waals surface area contributed by atoms with Crippen molar-refractivity contribution < 1.29 is 9.59 Å². The highest BCUT2D eigenvalue weighted by Crippen LogP contribution is 2.33. The fourth-order valence-corrected chi connectivity index (χ4v) is 4.36. The molecule has 0 saturated carbocycles. The van der Waals surface area contributed by atoms with Crippen LogP contribution in [0.25, 0.3) is 0 Å². The van der Waals surface area contributed by atoms with Crippen LogP contribution in [-0.4, -0.2) is 34.6 Å². The van der Waals surface area contributed by atoms with Gasteiger partial charge in [-0.05, 0) is 11.1 Å². The normalized spacial score (nSPS) is 16.5. The third kappa shape index (κ3) is 3.36. The molecule has 0 bridgehead atoms. The Morgan fingerprint density at radius 1 is 0.633 bits per heavy atom. The molecule has 30 heavy (non-hydrogen) atoms. The first kappa shape index (κ1) is 18.5. The summed E-state index contributed by atoms with van der Waals surface area (Å²) < 4.78 is 0. The van der Waals surface area contributed by atoms with Crippen molar-refractivity contribution in [1.82, 2.24) is 9.80 Å². The van der Waals surface area contributed by atoms with Gasteiger partial charge in [-0.25, -0.2) is 0 Å². The Hall–Kier alpha value is -3.50. The molecule has 0 amide bonds. The van der Waals surface area contributed by atoms with Crippen LogP contribution in [0, 0.1) is 0 Å². The number of allylic oxidation sites excluding steroid dienone is 1. The molecule has 1 aliphatic heterocycles. The second kappa shape index (κ2) is 7.73. The first-order valence-corrected chi connectivity index (χ1v) is 10.2. The van der Waals surface area contributed by atoms with E-state index < -0.39 is 0 Å². The molecule has 4 heteroatoms. The fourth-order valence-electron chi connectivity index (χ4n) is 4.36. The lowest BCUT2D eigenvalue weighted by molar-refractivity contribution is 0.0815. The molecule has 3 aromatic carbocycles. The van der Waals surface area contributed by atoms with Crippen molar-refractivity contribution in [3.8, 4) is 0 Å². The highest BCUT2D eigenvalue weighted by atomic mass is 16.1. The van der Waals surface area contributed by atoms with Gasteiger partial charge in [0.15, 0.2) is 5.78 Å². The summed E-state index contributed by atoms with van der Waals surface area (Å²) in [6, 6.07) is 27.5. The number of fused-ring (bicyclic) bond motifs is 1. The monoisotopic (exact) mass is 394 g/mol. The quantitative estimate of drug-likeness (QED) is 0.662. The number of carbonyl (C=O) groups excluding carboxylic acids is 2. The number of hydrogen-bond acceptors (Lipinski definition) is 4. The van der Waals surface area contributed by atoms with E-state index >= 15 is 0 Å². The molecule has 1 aliphatic carbocycles. The summed E-state index contributed by atoms with van der Waals surface area (Å²) in [5.74, 6) is -0.0773. The van der Waals surface area contributed by atoms with E-state index in [2.05, 4.69) is 34.1 Å². The van der Waals surface area contributed by atoms with Gasteiger partial charge in [-0.15, -0.1) is 0 Å². The number of nitrogens with zero attached hydrogens (tertiary/aromatic N) is 2. The molecule has 0 unspecified atom stereocenters. The van der Waals surface area contributed by atoms with Crippen molar-refractivity contribution in [3.05, 3.63) is 118 Å². The Bertz CT molecular complexity index is 1140. The zero-order valence-electron chi connectivity index (χ0n) is 16.6. The molecule has 0 spiro atoms. The van der Waals surface area contributed by atoms with Crippen LogP contribution >= 0.6 is 0 Å². The van der Waals surface area contributed by atoms with E-state index in [9.17, 15) is 9.59 Å². The lowest BCUT2D eigenvalue weighted by Gasteiger charge is -2.41. The Morgan fingerprint density at radius 3 is 1.80 bits per heavy atom.